The summed E-state index contributed by atoms with van der Waals surface area (Å²) in [7, 11) is 1.26. The van der Waals surface area contributed by atoms with E-state index in [1.807, 2.05) is 45.0 Å². The lowest BCUT2D eigenvalue weighted by molar-refractivity contribution is 0.0811. The summed E-state index contributed by atoms with van der Waals surface area (Å²) in [6, 6.07) is 9.21. The summed E-state index contributed by atoms with van der Waals surface area (Å²) in [6.07, 6.45) is 4.24. The summed E-state index contributed by atoms with van der Waals surface area (Å²) in [5.74, 6) is 0.103. The molecule has 8 nitrogen and oxygen atoms in total. The third kappa shape index (κ3) is 9.68. The van der Waals surface area contributed by atoms with Crippen molar-refractivity contribution in [3.8, 4) is 11.5 Å². The fraction of sp³-hybridized carbons (Fsp3) is 0.548. The number of hydrogen-bond acceptors (Lipinski definition) is 7. The number of ether oxygens (including phenoxy) is 2. The van der Waals surface area contributed by atoms with E-state index >= 15 is 0 Å². The van der Waals surface area contributed by atoms with Crippen molar-refractivity contribution in [2.75, 3.05) is 13.7 Å². The fourth-order valence-electron chi connectivity index (χ4n) is 4.23. The van der Waals surface area contributed by atoms with Gasteiger partial charge in [0.15, 0.2) is 5.78 Å². The Balaban J connectivity index is 2.09. The van der Waals surface area contributed by atoms with Gasteiger partial charge in [0.05, 0.1) is 13.7 Å². The van der Waals surface area contributed by atoms with E-state index in [0.717, 1.165) is 17.7 Å². The topological polar surface area (TPSA) is 115 Å². The number of methoxy groups -OCH3 is 1. The van der Waals surface area contributed by atoms with Gasteiger partial charge in [0.25, 0.3) is 0 Å². The zero-order valence-electron chi connectivity index (χ0n) is 24.3. The second-order valence-corrected chi connectivity index (χ2v) is 11.2. The third-order valence-electron chi connectivity index (χ3n) is 7.11. The summed E-state index contributed by atoms with van der Waals surface area (Å²) in [6.45, 7) is 12.5. The highest BCUT2D eigenvalue weighted by molar-refractivity contribution is 6.00. The molecule has 0 fully saturated rings. The van der Waals surface area contributed by atoms with Gasteiger partial charge in [-0.25, -0.2) is 9.59 Å². The maximum atomic E-state index is 13.4. The van der Waals surface area contributed by atoms with Gasteiger partial charge >= 0.3 is 11.7 Å². The zero-order chi connectivity index (χ0) is 29.2. The van der Waals surface area contributed by atoms with Crippen LogP contribution in [0.15, 0.2) is 44.5 Å². The summed E-state index contributed by atoms with van der Waals surface area (Å²) in [5, 5.41) is 10.7. The maximum absolute atomic E-state index is 13.4. The van der Waals surface area contributed by atoms with Crippen LogP contribution in [0.25, 0.3) is 0 Å². The van der Waals surface area contributed by atoms with Crippen molar-refractivity contribution in [2.45, 2.75) is 79.6 Å². The Morgan fingerprint density at radius 3 is 2.49 bits per heavy atom. The molecule has 2 aromatic rings. The molecule has 8 heteroatoms. The fourth-order valence-corrected chi connectivity index (χ4v) is 4.23. The van der Waals surface area contributed by atoms with E-state index in [1.54, 1.807) is 6.92 Å². The van der Waals surface area contributed by atoms with E-state index in [-0.39, 0.29) is 17.2 Å². The van der Waals surface area contributed by atoms with Gasteiger partial charge in [-0.05, 0) is 61.1 Å². The second kappa shape index (κ2) is 14.7. The number of unbranched alkanes of at least 4 members (excludes halogenated alkanes) is 1. The smallest absolute Gasteiger partial charge is 0.432 e. The van der Waals surface area contributed by atoms with Crippen LogP contribution in [0, 0.1) is 17.3 Å². The SMILES string of the molecule is COC(=O)N=CCCCC(C)c1cc(O)c(C(=O)C(C)C(C)(C)Cc2cccc(OCCC(C)C)c2)c(=O)o1. The van der Waals surface area contributed by atoms with Crippen molar-refractivity contribution in [3.63, 3.8) is 0 Å². The van der Waals surface area contributed by atoms with Crippen molar-refractivity contribution in [1.82, 2.24) is 0 Å². The van der Waals surface area contributed by atoms with Crippen LogP contribution < -0.4 is 10.4 Å². The van der Waals surface area contributed by atoms with Crippen LogP contribution in [-0.4, -0.2) is 36.9 Å². The van der Waals surface area contributed by atoms with E-state index in [9.17, 15) is 19.5 Å². The number of aliphatic imine (C=N–C) groups is 1. The molecule has 1 aromatic carbocycles. The molecule has 1 heterocycles. The largest absolute Gasteiger partial charge is 0.507 e. The van der Waals surface area contributed by atoms with Crippen molar-refractivity contribution in [2.24, 2.45) is 22.2 Å². The molecule has 2 unspecified atom stereocenters. The standard InChI is InChI=1S/C31H43NO7/c1-20(2)14-16-38-24-13-10-12-23(17-24)19-31(5,6)22(4)28(34)27-25(33)18-26(39-29(27)35)21(3)11-8-9-15-32-30(36)37-7/h10,12-13,15,17-18,20-22,33H,8-9,11,14,16,19H2,1-7H3. The van der Waals surface area contributed by atoms with Gasteiger partial charge in [0.1, 0.15) is 22.8 Å². The molecule has 0 spiro atoms. The number of ketones is 1. The van der Waals surface area contributed by atoms with Crippen molar-refractivity contribution in [1.29, 1.82) is 0 Å². The molecule has 39 heavy (non-hydrogen) atoms. The molecule has 0 aliphatic carbocycles. The van der Waals surface area contributed by atoms with Crippen LogP contribution in [0.2, 0.25) is 0 Å². The van der Waals surface area contributed by atoms with Crippen molar-refractivity contribution < 1.29 is 28.6 Å². The Labute approximate surface area is 231 Å². The Bertz CT molecular complexity index is 1200. The second-order valence-electron chi connectivity index (χ2n) is 11.2. The molecule has 0 bridgehead atoms. The zero-order valence-corrected chi connectivity index (χ0v) is 24.3. The molecule has 0 saturated carbocycles. The van der Waals surface area contributed by atoms with Crippen molar-refractivity contribution in [3.05, 3.63) is 57.6 Å². The first-order valence-electron chi connectivity index (χ1n) is 13.6. The lowest BCUT2D eigenvalue weighted by atomic mass is 9.72. The highest BCUT2D eigenvalue weighted by Crippen LogP contribution is 2.35. The summed E-state index contributed by atoms with van der Waals surface area (Å²) in [5.41, 5.74) is -0.636. The van der Waals surface area contributed by atoms with E-state index in [1.165, 1.54) is 19.4 Å². The number of carbonyl (C=O) groups is 2. The quantitative estimate of drug-likeness (QED) is 0.156. The molecular formula is C31H43NO7. The highest BCUT2D eigenvalue weighted by atomic mass is 16.5. The van der Waals surface area contributed by atoms with Crippen LogP contribution in [0.5, 0.6) is 11.5 Å². The molecule has 2 rings (SSSR count). The Morgan fingerprint density at radius 2 is 1.85 bits per heavy atom. The minimum Gasteiger partial charge on any atom is -0.507 e. The lowest BCUT2D eigenvalue weighted by Crippen LogP contribution is -2.33. The molecule has 1 N–H and O–H groups in total. The van der Waals surface area contributed by atoms with E-state index in [0.29, 0.717) is 44.0 Å². The van der Waals surface area contributed by atoms with E-state index < -0.39 is 28.8 Å². The van der Waals surface area contributed by atoms with Gasteiger partial charge in [-0.2, -0.15) is 4.99 Å². The van der Waals surface area contributed by atoms with E-state index in [4.69, 9.17) is 9.15 Å². The normalized spacial score (nSPS) is 13.4. The first-order valence-corrected chi connectivity index (χ1v) is 13.6. The van der Waals surface area contributed by atoms with Gasteiger partial charge in [-0.1, -0.05) is 53.7 Å². The molecular weight excluding hydrogens is 498 g/mol. The maximum Gasteiger partial charge on any atom is 0.432 e. The number of nitrogens with zero attached hydrogens (tertiary/aromatic N) is 1. The number of carbonyl (C=O) groups excluding carboxylic acids is 2. The van der Waals surface area contributed by atoms with Gasteiger partial charge in [-0.3, -0.25) is 4.79 Å². The predicted octanol–water partition coefficient (Wildman–Crippen LogP) is 6.97. The number of hydrogen-bond donors (Lipinski definition) is 1. The molecule has 0 aliphatic rings. The van der Waals surface area contributed by atoms with E-state index in [2.05, 4.69) is 23.6 Å². The number of aromatic hydroxyl groups is 1. The van der Waals surface area contributed by atoms with Gasteiger partial charge in [-0.15, -0.1) is 0 Å². The molecule has 1 amide bonds. The minimum atomic E-state index is -0.836. The van der Waals surface area contributed by atoms with Gasteiger partial charge in [0.2, 0.25) is 0 Å². The summed E-state index contributed by atoms with van der Waals surface area (Å²) in [4.78, 5) is 40.9. The Morgan fingerprint density at radius 1 is 1.13 bits per heavy atom. The van der Waals surface area contributed by atoms with Gasteiger partial charge < -0.3 is 19.0 Å². The molecule has 1 aromatic heterocycles. The Kier molecular flexibility index (Phi) is 11.9. The average molecular weight is 542 g/mol. The number of Topliss-reactive ketones (excluding diaryl/α,β-unsaturated/α-hetero) is 1. The summed E-state index contributed by atoms with van der Waals surface area (Å²) < 4.78 is 15.8. The van der Waals surface area contributed by atoms with Crippen LogP contribution in [0.1, 0.15) is 94.8 Å². The van der Waals surface area contributed by atoms with Crippen molar-refractivity contribution >= 4 is 18.1 Å². The first-order chi connectivity index (χ1) is 18.4. The average Bonchev–Trinajstić information content (AvgIpc) is 2.86. The molecule has 0 aliphatic heterocycles. The third-order valence-corrected chi connectivity index (χ3v) is 7.11. The van der Waals surface area contributed by atoms with Gasteiger partial charge in [0, 0.05) is 24.1 Å². The van der Waals surface area contributed by atoms with Crippen LogP contribution in [-0.2, 0) is 11.2 Å². The monoisotopic (exact) mass is 541 g/mol. The van der Waals surface area contributed by atoms with Crippen LogP contribution >= 0.6 is 0 Å². The molecule has 2 atom stereocenters. The van der Waals surface area contributed by atoms with Crippen LogP contribution in [0.4, 0.5) is 4.79 Å². The van der Waals surface area contributed by atoms with Crippen LogP contribution in [0.3, 0.4) is 0 Å². The molecule has 0 saturated heterocycles. The number of rotatable bonds is 14. The molecule has 0 radical (unpaired) electrons. The highest BCUT2D eigenvalue weighted by Gasteiger charge is 2.35. The predicted molar refractivity (Wildman–Crippen MR) is 152 cm³/mol. The Hall–Kier alpha value is -3.42. The number of amides is 1. The first kappa shape index (κ1) is 31.8. The summed E-state index contributed by atoms with van der Waals surface area (Å²) >= 11 is 0. The molecule has 214 valence electrons. The lowest BCUT2D eigenvalue weighted by Gasteiger charge is -2.31. The number of benzene rings is 1. The minimum absolute atomic E-state index is 0.178.